The lowest BCUT2D eigenvalue weighted by atomic mass is 10.3. The lowest BCUT2D eigenvalue weighted by Crippen LogP contribution is -2.42. The van der Waals surface area contributed by atoms with E-state index in [0.29, 0.717) is 0 Å². The predicted octanol–water partition coefficient (Wildman–Crippen LogP) is -1.20. The molecule has 11 heavy (non-hydrogen) atoms. The summed E-state index contributed by atoms with van der Waals surface area (Å²) in [6.45, 7) is 1.40. The molecule has 0 aliphatic carbocycles. The molecule has 0 aromatic rings. The van der Waals surface area contributed by atoms with Crippen LogP contribution in [0.2, 0.25) is 0 Å². The van der Waals surface area contributed by atoms with Crippen molar-refractivity contribution in [2.45, 2.75) is 13.0 Å². The van der Waals surface area contributed by atoms with Gasteiger partial charge in [-0.1, -0.05) is 0 Å². The fraction of sp³-hybridized carbons (Fsp3) is 0.667. The van der Waals surface area contributed by atoms with Crippen LogP contribution in [0.25, 0.3) is 0 Å². The van der Waals surface area contributed by atoms with Gasteiger partial charge < -0.3 is 10.4 Å². The van der Waals surface area contributed by atoms with Gasteiger partial charge in [-0.05, 0) is 6.92 Å². The summed E-state index contributed by atoms with van der Waals surface area (Å²) in [6, 6.07) is -0.462. The van der Waals surface area contributed by atoms with E-state index in [9.17, 15) is 9.59 Å². The van der Waals surface area contributed by atoms with Gasteiger partial charge in [0.2, 0.25) is 5.91 Å². The number of carboxylic acids is 1. The van der Waals surface area contributed by atoms with Gasteiger partial charge in [0.05, 0.1) is 12.6 Å². The number of carbonyl (C=O) groups is 2. The van der Waals surface area contributed by atoms with Crippen molar-refractivity contribution < 1.29 is 14.7 Å². The normalized spacial score (nSPS) is 12.2. The maximum Gasteiger partial charge on any atom is 0.317 e. The van der Waals surface area contributed by atoms with Gasteiger partial charge in [0.1, 0.15) is 0 Å². The Balaban J connectivity index is 3.60. The molecule has 0 spiro atoms. The van der Waals surface area contributed by atoms with E-state index in [2.05, 4.69) is 10.6 Å². The zero-order valence-corrected chi connectivity index (χ0v) is 6.55. The summed E-state index contributed by atoms with van der Waals surface area (Å²) in [5.41, 5.74) is 0. The summed E-state index contributed by atoms with van der Waals surface area (Å²) in [6.07, 6.45) is 0. The van der Waals surface area contributed by atoms with Crippen molar-refractivity contribution in [3.05, 3.63) is 0 Å². The third kappa shape index (κ3) is 4.32. The number of carbonyl (C=O) groups excluding carboxylic acids is 1. The van der Waals surface area contributed by atoms with E-state index in [-0.39, 0.29) is 12.5 Å². The monoisotopic (exact) mass is 160 g/mol. The molecule has 0 aromatic heterocycles. The van der Waals surface area contributed by atoms with Gasteiger partial charge in [-0.25, -0.2) is 0 Å². The lowest BCUT2D eigenvalue weighted by molar-refractivity contribution is -0.136. The first-order valence-corrected chi connectivity index (χ1v) is 3.24. The van der Waals surface area contributed by atoms with E-state index in [1.54, 1.807) is 6.92 Å². The minimum absolute atomic E-state index is 0.200. The number of hydrogen-bond acceptors (Lipinski definition) is 3. The van der Waals surface area contributed by atoms with Gasteiger partial charge in [0, 0.05) is 7.05 Å². The molecule has 0 rings (SSSR count). The summed E-state index contributed by atoms with van der Waals surface area (Å²) < 4.78 is 0. The van der Waals surface area contributed by atoms with Crippen LogP contribution in [-0.4, -0.2) is 36.6 Å². The highest BCUT2D eigenvalue weighted by molar-refractivity contribution is 5.81. The lowest BCUT2D eigenvalue weighted by Gasteiger charge is -2.09. The van der Waals surface area contributed by atoms with Gasteiger partial charge in [-0.2, -0.15) is 0 Å². The van der Waals surface area contributed by atoms with Gasteiger partial charge in [0.15, 0.2) is 0 Å². The Kier molecular flexibility index (Phi) is 4.21. The summed E-state index contributed by atoms with van der Waals surface area (Å²) in [5, 5.41) is 13.1. The molecule has 1 atom stereocenters. The summed E-state index contributed by atoms with van der Waals surface area (Å²) >= 11 is 0. The van der Waals surface area contributed by atoms with Gasteiger partial charge in [0.25, 0.3) is 0 Å². The molecule has 0 radical (unpaired) electrons. The number of nitrogens with one attached hydrogen (secondary N) is 2. The molecule has 0 aliphatic rings. The van der Waals surface area contributed by atoms with Crippen LogP contribution in [0.5, 0.6) is 0 Å². The molecule has 3 N–H and O–H groups in total. The Bertz CT molecular complexity index is 158. The number of aliphatic carboxylic acids is 1. The Morgan fingerprint density at radius 1 is 1.55 bits per heavy atom. The molecule has 0 aromatic carbocycles. The number of likely N-dealkylation sites (N-methyl/N-ethyl adjacent to an activating group) is 1. The molecule has 64 valence electrons. The number of rotatable bonds is 4. The van der Waals surface area contributed by atoms with Crippen LogP contribution in [-0.2, 0) is 9.59 Å². The fourth-order valence-corrected chi connectivity index (χ4v) is 0.550. The predicted molar refractivity (Wildman–Crippen MR) is 39.2 cm³/mol. The van der Waals surface area contributed by atoms with Crippen molar-refractivity contribution in [2.75, 3.05) is 13.6 Å². The Hall–Kier alpha value is -1.10. The summed E-state index contributed by atoms with van der Waals surface area (Å²) in [4.78, 5) is 20.8. The van der Waals surface area contributed by atoms with Crippen LogP contribution in [0, 0.1) is 0 Å². The average molecular weight is 160 g/mol. The van der Waals surface area contributed by atoms with Gasteiger partial charge in [-0.15, -0.1) is 0 Å². The molecular weight excluding hydrogens is 148 g/mol. The van der Waals surface area contributed by atoms with E-state index in [0.717, 1.165) is 0 Å². The van der Waals surface area contributed by atoms with Crippen molar-refractivity contribution in [1.29, 1.82) is 0 Å². The molecular formula is C6H12N2O3. The standard InChI is InChI=1S/C6H12N2O3/c1-4(6(11)7-2)8-3-5(9)10/h4,8H,3H2,1-2H3,(H,7,11)(H,9,10). The first kappa shape index (κ1) is 9.90. The number of carboxylic acid groups (broad SMARTS) is 1. The molecule has 5 nitrogen and oxygen atoms in total. The van der Waals surface area contributed by atoms with Crippen molar-refractivity contribution in [1.82, 2.24) is 10.6 Å². The third-order valence-corrected chi connectivity index (χ3v) is 1.20. The molecule has 0 heterocycles. The van der Waals surface area contributed by atoms with E-state index >= 15 is 0 Å². The fourth-order valence-electron chi connectivity index (χ4n) is 0.550. The van der Waals surface area contributed by atoms with E-state index in [4.69, 9.17) is 5.11 Å². The van der Waals surface area contributed by atoms with Crippen LogP contribution >= 0.6 is 0 Å². The molecule has 5 heteroatoms. The van der Waals surface area contributed by atoms with Crippen molar-refractivity contribution in [2.24, 2.45) is 0 Å². The van der Waals surface area contributed by atoms with Crippen LogP contribution in [0.15, 0.2) is 0 Å². The number of amides is 1. The molecule has 0 saturated carbocycles. The third-order valence-electron chi connectivity index (χ3n) is 1.20. The second-order valence-electron chi connectivity index (χ2n) is 2.11. The topological polar surface area (TPSA) is 78.4 Å². The molecule has 1 amide bonds. The highest BCUT2D eigenvalue weighted by Crippen LogP contribution is 1.78. The minimum Gasteiger partial charge on any atom is -0.480 e. The summed E-state index contributed by atoms with van der Waals surface area (Å²) in [5.74, 6) is -1.19. The maximum atomic E-state index is 10.8. The van der Waals surface area contributed by atoms with E-state index in [1.807, 2.05) is 0 Å². The maximum absolute atomic E-state index is 10.8. The van der Waals surface area contributed by atoms with E-state index in [1.165, 1.54) is 7.05 Å². The molecule has 0 fully saturated rings. The smallest absolute Gasteiger partial charge is 0.317 e. The molecule has 1 unspecified atom stereocenters. The van der Waals surface area contributed by atoms with Crippen molar-refractivity contribution in [3.63, 3.8) is 0 Å². The summed E-state index contributed by atoms with van der Waals surface area (Å²) in [7, 11) is 1.50. The Morgan fingerprint density at radius 3 is 2.45 bits per heavy atom. The Morgan fingerprint density at radius 2 is 2.09 bits per heavy atom. The van der Waals surface area contributed by atoms with Gasteiger partial charge >= 0.3 is 5.97 Å². The van der Waals surface area contributed by atoms with Crippen LogP contribution in [0.4, 0.5) is 0 Å². The molecule has 0 bridgehead atoms. The van der Waals surface area contributed by atoms with Gasteiger partial charge in [-0.3, -0.25) is 14.9 Å². The zero-order valence-electron chi connectivity index (χ0n) is 6.55. The Labute approximate surface area is 64.8 Å². The molecule has 0 aliphatic heterocycles. The SMILES string of the molecule is CNC(=O)C(C)NCC(=O)O. The van der Waals surface area contributed by atoms with E-state index < -0.39 is 12.0 Å². The second-order valence-corrected chi connectivity index (χ2v) is 2.11. The number of hydrogen-bond donors (Lipinski definition) is 3. The second kappa shape index (κ2) is 4.68. The van der Waals surface area contributed by atoms with Crippen LogP contribution < -0.4 is 10.6 Å². The highest BCUT2D eigenvalue weighted by Gasteiger charge is 2.10. The average Bonchev–Trinajstić information content (AvgIpc) is 1.98. The zero-order chi connectivity index (χ0) is 8.85. The molecule has 0 saturated heterocycles. The van der Waals surface area contributed by atoms with Crippen molar-refractivity contribution in [3.8, 4) is 0 Å². The highest BCUT2D eigenvalue weighted by atomic mass is 16.4. The largest absolute Gasteiger partial charge is 0.480 e. The minimum atomic E-state index is -0.972. The first-order valence-electron chi connectivity index (χ1n) is 3.24. The van der Waals surface area contributed by atoms with Crippen LogP contribution in [0.1, 0.15) is 6.92 Å². The van der Waals surface area contributed by atoms with Crippen molar-refractivity contribution >= 4 is 11.9 Å². The van der Waals surface area contributed by atoms with Crippen LogP contribution in [0.3, 0.4) is 0 Å². The quantitative estimate of drug-likeness (QED) is 0.482. The first-order chi connectivity index (χ1) is 5.07.